The molecule has 0 radical (unpaired) electrons. The van der Waals surface area contributed by atoms with Crippen molar-refractivity contribution in [3.05, 3.63) is 164 Å². The van der Waals surface area contributed by atoms with Crippen molar-refractivity contribution in [2.75, 3.05) is 15.2 Å². The van der Waals surface area contributed by atoms with Gasteiger partial charge in [0, 0.05) is 11.4 Å². The molecule has 0 atom stereocenters. The number of hydrogen-bond donors (Lipinski definition) is 2. The van der Waals surface area contributed by atoms with E-state index < -0.39 is 39.7 Å². The second kappa shape index (κ2) is 19.1. The molecular weight excluding hydrogens is 805 g/mol. The maximum atomic E-state index is 12.9. The number of hydrogen-bond acceptors (Lipinski definition) is 9. The summed E-state index contributed by atoms with van der Waals surface area (Å²) in [6, 6.07) is 42.7. The molecule has 6 aromatic rings. The first-order valence-corrected chi connectivity index (χ1v) is 24.0. The SMILES string of the molecule is CCCCCCS(=O)(=O)Nc1ccc(S(=O)(=O)c2ccc(Oc3ccccc3)cc2)cc1.O=S(=O)(Nc1ccc(S(=O)(=O)c2ccccc2)cc1)c1ccccc1. The molecule has 0 aliphatic rings. The molecule has 0 heterocycles. The van der Waals surface area contributed by atoms with E-state index in [1.54, 1.807) is 48.5 Å². The first kappa shape index (κ1) is 42.7. The van der Waals surface area contributed by atoms with E-state index in [4.69, 9.17) is 4.74 Å². The van der Waals surface area contributed by atoms with E-state index in [0.29, 0.717) is 23.6 Å². The van der Waals surface area contributed by atoms with Crippen LogP contribution >= 0.6 is 0 Å². The van der Waals surface area contributed by atoms with E-state index in [0.717, 1.165) is 19.3 Å². The average molecular weight is 847 g/mol. The summed E-state index contributed by atoms with van der Waals surface area (Å²) in [6.07, 6.45) is 3.50. The minimum Gasteiger partial charge on any atom is -0.457 e. The molecule has 298 valence electrons. The summed E-state index contributed by atoms with van der Waals surface area (Å²) in [5.74, 6) is 1.23. The first-order valence-electron chi connectivity index (χ1n) is 17.9. The Balaban J connectivity index is 0.000000224. The van der Waals surface area contributed by atoms with Crippen molar-refractivity contribution >= 4 is 51.1 Å². The molecule has 0 unspecified atom stereocenters. The monoisotopic (exact) mass is 846 g/mol. The second-order valence-corrected chi connectivity index (χ2v) is 20.1. The molecule has 0 fully saturated rings. The van der Waals surface area contributed by atoms with Crippen molar-refractivity contribution in [2.45, 2.75) is 57.1 Å². The van der Waals surface area contributed by atoms with Gasteiger partial charge in [-0.15, -0.1) is 0 Å². The average Bonchev–Trinajstić information content (AvgIpc) is 3.21. The molecule has 0 saturated carbocycles. The van der Waals surface area contributed by atoms with E-state index in [1.807, 2.05) is 30.3 Å². The lowest BCUT2D eigenvalue weighted by molar-refractivity contribution is 0.482. The molecule has 0 aromatic heterocycles. The number of unbranched alkanes of at least 4 members (excludes halogenated alkanes) is 3. The highest BCUT2D eigenvalue weighted by atomic mass is 32.2. The summed E-state index contributed by atoms with van der Waals surface area (Å²) >= 11 is 0. The normalized spacial score (nSPS) is 11.8. The fourth-order valence-corrected chi connectivity index (χ4v) is 10.2. The van der Waals surface area contributed by atoms with Gasteiger partial charge >= 0.3 is 0 Å². The fourth-order valence-electron chi connectivity index (χ4n) is 5.35. The number of ether oxygens (including phenoxy) is 1. The van der Waals surface area contributed by atoms with Gasteiger partial charge in [0.05, 0.1) is 30.2 Å². The van der Waals surface area contributed by atoms with Gasteiger partial charge in [0.15, 0.2) is 0 Å². The number of nitrogens with one attached hydrogen (secondary N) is 2. The Hall–Kier alpha value is -5.48. The maximum absolute atomic E-state index is 12.9. The van der Waals surface area contributed by atoms with Crippen LogP contribution in [0.25, 0.3) is 0 Å². The molecule has 0 saturated heterocycles. The highest BCUT2D eigenvalue weighted by Crippen LogP contribution is 2.27. The standard InChI is InChI=1S/C24H27NO5S2.C18H15NO4S2/c1-2-3-4-8-19-31(26,27)25-20-11-15-23(16-12-20)32(28,29)24-17-13-22(14-18-24)30-21-9-6-5-7-10-21;20-24(21,16-7-3-1-4-8-16)17-13-11-15(12-14-17)19-25(22,23)18-9-5-2-6-10-18/h5-7,9-18,25H,2-4,8,19H2,1H3;1-14,19H. The number of para-hydroxylation sites is 1. The summed E-state index contributed by atoms with van der Waals surface area (Å²) in [5.41, 5.74) is 0.627. The third-order valence-electron chi connectivity index (χ3n) is 8.34. The van der Waals surface area contributed by atoms with Gasteiger partial charge in [-0.1, -0.05) is 80.8 Å². The van der Waals surface area contributed by atoms with Crippen LogP contribution in [0.1, 0.15) is 32.6 Å². The molecule has 0 spiro atoms. The van der Waals surface area contributed by atoms with E-state index in [1.165, 1.54) is 84.9 Å². The van der Waals surface area contributed by atoms with Gasteiger partial charge in [-0.2, -0.15) is 0 Å². The van der Waals surface area contributed by atoms with Crippen molar-refractivity contribution in [1.29, 1.82) is 0 Å². The Labute approximate surface area is 335 Å². The molecule has 2 N–H and O–H groups in total. The summed E-state index contributed by atoms with van der Waals surface area (Å²) in [4.78, 5) is 0.632. The van der Waals surface area contributed by atoms with E-state index in [-0.39, 0.29) is 35.9 Å². The van der Waals surface area contributed by atoms with Crippen molar-refractivity contribution in [3.63, 3.8) is 0 Å². The van der Waals surface area contributed by atoms with Crippen LogP contribution in [0, 0.1) is 0 Å². The van der Waals surface area contributed by atoms with Gasteiger partial charge in [-0.3, -0.25) is 9.44 Å². The highest BCUT2D eigenvalue weighted by Gasteiger charge is 2.20. The molecule has 0 bridgehead atoms. The summed E-state index contributed by atoms with van der Waals surface area (Å²) in [6.45, 7) is 2.06. The van der Waals surface area contributed by atoms with Crippen molar-refractivity contribution in [3.8, 4) is 11.5 Å². The smallest absolute Gasteiger partial charge is 0.261 e. The lowest BCUT2D eigenvalue weighted by Crippen LogP contribution is -2.16. The Kier molecular flexibility index (Phi) is 14.3. The molecular formula is C42H42N2O9S4. The molecule has 15 heteroatoms. The van der Waals surface area contributed by atoms with Crippen molar-refractivity contribution < 1.29 is 38.4 Å². The molecule has 0 aliphatic carbocycles. The molecule has 0 amide bonds. The number of sulfone groups is 2. The van der Waals surface area contributed by atoms with Crippen LogP contribution in [0.3, 0.4) is 0 Å². The van der Waals surface area contributed by atoms with E-state index >= 15 is 0 Å². The number of anilines is 2. The first-order chi connectivity index (χ1) is 27.2. The van der Waals surface area contributed by atoms with Crippen molar-refractivity contribution in [1.82, 2.24) is 0 Å². The van der Waals surface area contributed by atoms with Gasteiger partial charge in [0.1, 0.15) is 11.5 Å². The molecule has 11 nitrogen and oxygen atoms in total. The van der Waals surface area contributed by atoms with E-state index in [2.05, 4.69) is 16.4 Å². The Morgan fingerprint density at radius 3 is 1.26 bits per heavy atom. The quantitative estimate of drug-likeness (QED) is 0.0903. The van der Waals surface area contributed by atoms with Crippen LogP contribution in [0.15, 0.2) is 188 Å². The van der Waals surface area contributed by atoms with E-state index in [9.17, 15) is 33.7 Å². The molecule has 57 heavy (non-hydrogen) atoms. The predicted molar refractivity (Wildman–Crippen MR) is 222 cm³/mol. The summed E-state index contributed by atoms with van der Waals surface area (Å²) < 4.78 is 110. The zero-order chi connectivity index (χ0) is 40.9. The van der Waals surface area contributed by atoms with Gasteiger partial charge < -0.3 is 4.74 Å². The van der Waals surface area contributed by atoms with Gasteiger partial charge in [0.25, 0.3) is 10.0 Å². The van der Waals surface area contributed by atoms with Crippen LogP contribution in [-0.4, -0.2) is 39.4 Å². The Bertz CT molecular complexity index is 2650. The van der Waals surface area contributed by atoms with Gasteiger partial charge in [0.2, 0.25) is 29.7 Å². The Morgan fingerprint density at radius 1 is 0.404 bits per heavy atom. The second-order valence-electron chi connectivity index (χ2n) is 12.7. The predicted octanol–water partition coefficient (Wildman–Crippen LogP) is 8.95. The summed E-state index contributed by atoms with van der Waals surface area (Å²) in [5, 5.41) is 0. The minimum atomic E-state index is -3.74. The topological polar surface area (TPSA) is 170 Å². The lowest BCUT2D eigenvalue weighted by Gasteiger charge is -2.10. The van der Waals surface area contributed by atoms with Crippen LogP contribution in [-0.2, 0) is 39.7 Å². The van der Waals surface area contributed by atoms with Crippen LogP contribution in [0.2, 0.25) is 0 Å². The van der Waals surface area contributed by atoms with Crippen LogP contribution in [0.5, 0.6) is 11.5 Å². The fraction of sp³-hybridized carbons (Fsp3) is 0.143. The van der Waals surface area contributed by atoms with Crippen molar-refractivity contribution in [2.24, 2.45) is 0 Å². The molecule has 6 aromatic carbocycles. The zero-order valence-corrected chi connectivity index (χ0v) is 34.2. The largest absolute Gasteiger partial charge is 0.457 e. The van der Waals surface area contributed by atoms with Crippen LogP contribution < -0.4 is 14.2 Å². The number of sulfonamides is 2. The Morgan fingerprint density at radius 2 is 0.789 bits per heavy atom. The highest BCUT2D eigenvalue weighted by molar-refractivity contribution is 7.93. The number of benzene rings is 6. The lowest BCUT2D eigenvalue weighted by atomic mass is 10.2. The third kappa shape index (κ3) is 12.0. The van der Waals surface area contributed by atoms with Gasteiger partial charge in [-0.25, -0.2) is 33.7 Å². The van der Waals surface area contributed by atoms with Crippen LogP contribution in [0.4, 0.5) is 11.4 Å². The zero-order valence-electron chi connectivity index (χ0n) is 30.9. The number of rotatable bonds is 16. The molecule has 6 rings (SSSR count). The molecule has 0 aliphatic heterocycles. The summed E-state index contributed by atoms with van der Waals surface area (Å²) in [7, 11) is -14.5. The minimum absolute atomic E-state index is 0.0461. The maximum Gasteiger partial charge on any atom is 0.261 e. The van der Waals surface area contributed by atoms with Gasteiger partial charge in [-0.05, 0) is 116 Å². The third-order valence-corrected chi connectivity index (χ3v) is 14.7.